The van der Waals surface area contributed by atoms with Gasteiger partial charge in [-0.25, -0.2) is 9.69 Å². The van der Waals surface area contributed by atoms with Crippen LogP contribution in [0.4, 0.5) is 4.79 Å². The topological polar surface area (TPSA) is 46.6 Å². The zero-order valence-corrected chi connectivity index (χ0v) is 11.5. The Morgan fingerprint density at radius 1 is 1.44 bits per heavy atom. The summed E-state index contributed by atoms with van der Waals surface area (Å²) in [6.45, 7) is 8.52. The minimum atomic E-state index is -0.425. The van der Waals surface area contributed by atoms with Gasteiger partial charge in [0, 0.05) is 11.8 Å². The molecule has 4 nitrogen and oxygen atoms in total. The molecule has 1 aliphatic heterocycles. The molecule has 2 bridgehead atoms. The molecule has 1 saturated heterocycles. The summed E-state index contributed by atoms with van der Waals surface area (Å²) >= 11 is 0. The van der Waals surface area contributed by atoms with Crippen molar-refractivity contribution in [2.24, 2.45) is 16.7 Å². The summed E-state index contributed by atoms with van der Waals surface area (Å²) in [6, 6.07) is -0.0290. The minimum absolute atomic E-state index is 0.0146. The van der Waals surface area contributed by atoms with Crippen LogP contribution < -0.4 is 0 Å². The van der Waals surface area contributed by atoms with Crippen LogP contribution in [0.1, 0.15) is 47.0 Å². The number of imide groups is 1. The predicted octanol–water partition coefficient (Wildman–Crippen LogP) is 2.57. The van der Waals surface area contributed by atoms with Crippen LogP contribution in [0.5, 0.6) is 0 Å². The van der Waals surface area contributed by atoms with Gasteiger partial charge < -0.3 is 4.74 Å². The van der Waals surface area contributed by atoms with E-state index in [0.717, 1.165) is 12.8 Å². The number of carbonyl (C=O) groups excluding carboxylic acids is 2. The molecular formula is C14H21NO3. The number of nitrogens with zero attached hydrogens (tertiary/aromatic N) is 1. The fourth-order valence-corrected chi connectivity index (χ4v) is 4.50. The maximum absolute atomic E-state index is 12.0. The second kappa shape index (κ2) is 3.28. The fraction of sp³-hybridized carbons (Fsp3) is 0.857. The Kier molecular flexibility index (Phi) is 2.19. The van der Waals surface area contributed by atoms with Crippen molar-refractivity contribution in [2.45, 2.75) is 59.1 Å². The van der Waals surface area contributed by atoms with Crippen LogP contribution in [0.3, 0.4) is 0 Å². The third-order valence-electron chi connectivity index (χ3n) is 6.02. The Labute approximate surface area is 108 Å². The van der Waals surface area contributed by atoms with Crippen LogP contribution in [0, 0.1) is 16.7 Å². The van der Waals surface area contributed by atoms with Crippen molar-refractivity contribution < 1.29 is 14.3 Å². The molecule has 100 valence electrons. The molecule has 0 aromatic heterocycles. The monoisotopic (exact) mass is 251 g/mol. The molecule has 0 radical (unpaired) electrons. The highest BCUT2D eigenvalue weighted by Gasteiger charge is 2.72. The highest BCUT2D eigenvalue weighted by Crippen LogP contribution is 2.68. The second-order valence-corrected chi connectivity index (χ2v) is 6.70. The van der Waals surface area contributed by atoms with Crippen LogP contribution in [0.25, 0.3) is 0 Å². The first kappa shape index (κ1) is 12.0. The van der Waals surface area contributed by atoms with Crippen molar-refractivity contribution in [3.63, 3.8) is 0 Å². The Balaban J connectivity index is 2.03. The zero-order valence-electron chi connectivity index (χ0n) is 11.5. The lowest BCUT2D eigenvalue weighted by atomic mass is 9.70. The van der Waals surface area contributed by atoms with E-state index in [1.165, 1.54) is 4.90 Å². The van der Waals surface area contributed by atoms with Crippen molar-refractivity contribution in [2.75, 3.05) is 0 Å². The lowest BCUT2D eigenvalue weighted by Gasteiger charge is -2.36. The summed E-state index contributed by atoms with van der Waals surface area (Å²) in [5, 5.41) is 0. The fourth-order valence-electron chi connectivity index (χ4n) is 4.50. The van der Waals surface area contributed by atoms with E-state index >= 15 is 0 Å². The number of rotatable bonds is 1. The molecule has 0 spiro atoms. The summed E-state index contributed by atoms with van der Waals surface area (Å²) in [5.41, 5.74) is 0.149. The number of ether oxygens (including phenoxy) is 1. The van der Waals surface area contributed by atoms with E-state index in [9.17, 15) is 9.59 Å². The first-order valence-electron chi connectivity index (χ1n) is 6.87. The molecule has 3 fully saturated rings. The van der Waals surface area contributed by atoms with E-state index in [1.807, 2.05) is 0 Å². The quantitative estimate of drug-likeness (QED) is 0.719. The highest BCUT2D eigenvalue weighted by atomic mass is 16.6. The van der Waals surface area contributed by atoms with Crippen LogP contribution in [-0.2, 0) is 9.53 Å². The average molecular weight is 251 g/mol. The summed E-state index contributed by atoms with van der Waals surface area (Å²) in [4.78, 5) is 25.3. The Morgan fingerprint density at radius 3 is 2.72 bits per heavy atom. The molecule has 0 N–H and O–H groups in total. The SMILES string of the molecule is CCC(=O)N1C(=O)O[C@@H]2[C@H]1[C@@H]1CC[C@@]2(C)C1(C)C. The van der Waals surface area contributed by atoms with Crippen LogP contribution in [0.2, 0.25) is 0 Å². The summed E-state index contributed by atoms with van der Waals surface area (Å²) in [5.74, 6) is 0.286. The van der Waals surface area contributed by atoms with Gasteiger partial charge in [0.25, 0.3) is 0 Å². The van der Waals surface area contributed by atoms with E-state index in [4.69, 9.17) is 4.74 Å². The maximum atomic E-state index is 12.0. The molecule has 2 amide bonds. The summed E-state index contributed by atoms with van der Waals surface area (Å²) in [7, 11) is 0. The van der Waals surface area contributed by atoms with E-state index in [2.05, 4.69) is 20.8 Å². The molecule has 0 unspecified atom stereocenters. The van der Waals surface area contributed by atoms with Gasteiger partial charge in [-0.2, -0.15) is 0 Å². The van der Waals surface area contributed by atoms with Gasteiger partial charge in [-0.1, -0.05) is 27.7 Å². The lowest BCUT2D eigenvalue weighted by molar-refractivity contribution is -0.129. The average Bonchev–Trinajstić information content (AvgIpc) is 2.81. The predicted molar refractivity (Wildman–Crippen MR) is 65.8 cm³/mol. The maximum Gasteiger partial charge on any atom is 0.417 e. The van der Waals surface area contributed by atoms with Crippen molar-refractivity contribution in [1.82, 2.24) is 4.90 Å². The molecule has 4 atom stereocenters. The van der Waals surface area contributed by atoms with Crippen molar-refractivity contribution >= 4 is 12.0 Å². The normalized spacial score (nSPS) is 44.1. The van der Waals surface area contributed by atoms with E-state index < -0.39 is 6.09 Å². The number of amides is 2. The molecule has 3 aliphatic rings. The minimum Gasteiger partial charge on any atom is -0.443 e. The van der Waals surface area contributed by atoms with Crippen LogP contribution in [-0.4, -0.2) is 29.0 Å². The lowest BCUT2D eigenvalue weighted by Crippen LogP contribution is -2.45. The molecule has 1 heterocycles. The number of carbonyl (C=O) groups is 2. The van der Waals surface area contributed by atoms with E-state index in [1.54, 1.807) is 6.92 Å². The van der Waals surface area contributed by atoms with Crippen molar-refractivity contribution in [3.05, 3.63) is 0 Å². The largest absolute Gasteiger partial charge is 0.443 e. The Bertz CT molecular complexity index is 431. The zero-order chi connectivity index (χ0) is 13.3. The van der Waals surface area contributed by atoms with Gasteiger partial charge in [-0.05, 0) is 24.2 Å². The third-order valence-corrected chi connectivity index (χ3v) is 6.02. The van der Waals surface area contributed by atoms with Gasteiger partial charge in [0.2, 0.25) is 5.91 Å². The summed E-state index contributed by atoms with van der Waals surface area (Å²) in [6.07, 6.45) is 2.02. The molecule has 2 saturated carbocycles. The first-order chi connectivity index (χ1) is 8.34. The smallest absolute Gasteiger partial charge is 0.417 e. The van der Waals surface area contributed by atoms with Crippen LogP contribution >= 0.6 is 0 Å². The summed E-state index contributed by atoms with van der Waals surface area (Å²) < 4.78 is 5.56. The molecule has 18 heavy (non-hydrogen) atoms. The van der Waals surface area contributed by atoms with Gasteiger partial charge in [0.15, 0.2) is 0 Å². The Hall–Kier alpha value is -1.06. The van der Waals surface area contributed by atoms with Gasteiger partial charge in [0.1, 0.15) is 6.10 Å². The third kappa shape index (κ3) is 1.08. The molecule has 2 aliphatic carbocycles. The molecule has 0 aromatic carbocycles. The molecule has 4 heteroatoms. The van der Waals surface area contributed by atoms with Crippen LogP contribution in [0.15, 0.2) is 0 Å². The van der Waals surface area contributed by atoms with Crippen molar-refractivity contribution in [1.29, 1.82) is 0 Å². The van der Waals surface area contributed by atoms with E-state index in [0.29, 0.717) is 12.3 Å². The van der Waals surface area contributed by atoms with Crippen molar-refractivity contribution in [3.8, 4) is 0 Å². The molecule has 0 aromatic rings. The number of hydrogen-bond donors (Lipinski definition) is 0. The number of hydrogen-bond acceptors (Lipinski definition) is 3. The van der Waals surface area contributed by atoms with Gasteiger partial charge in [0.05, 0.1) is 6.04 Å². The molecular weight excluding hydrogens is 230 g/mol. The first-order valence-corrected chi connectivity index (χ1v) is 6.87. The standard InChI is InChI=1S/C14H21NO3/c1-5-9(16)15-10-8-6-7-14(4,13(8,2)3)11(10)18-12(15)17/h8,10-11H,5-7H2,1-4H3/t8-,10+,11+,14+/m0/s1. The van der Waals surface area contributed by atoms with Gasteiger partial charge in [-0.15, -0.1) is 0 Å². The molecule has 3 rings (SSSR count). The van der Waals surface area contributed by atoms with Gasteiger partial charge in [-0.3, -0.25) is 4.79 Å². The second-order valence-electron chi connectivity index (χ2n) is 6.70. The Morgan fingerprint density at radius 2 is 2.11 bits per heavy atom. The number of fused-ring (bicyclic) bond motifs is 5. The van der Waals surface area contributed by atoms with E-state index in [-0.39, 0.29) is 28.9 Å². The highest BCUT2D eigenvalue weighted by molar-refractivity contribution is 5.94. The van der Waals surface area contributed by atoms with Gasteiger partial charge >= 0.3 is 6.09 Å².